The normalized spacial score (nSPS) is 12.2. The topological polar surface area (TPSA) is 34.1 Å². The van der Waals surface area contributed by atoms with Gasteiger partial charge in [-0.15, -0.1) is 0 Å². The Morgan fingerprint density at radius 3 is 2.52 bits per heavy atom. The Kier molecular flexibility index (Phi) is 5.61. The molecular weight excluding hydrogens is 260 g/mol. The monoisotopic (exact) mass is 284 g/mol. The van der Waals surface area contributed by atoms with E-state index in [1.54, 1.807) is 6.20 Å². The van der Waals surface area contributed by atoms with Gasteiger partial charge in [0.2, 0.25) is 5.88 Å². The largest absolute Gasteiger partial charge is 0.476 e. The first-order valence-electron chi connectivity index (χ1n) is 7.60. The van der Waals surface area contributed by atoms with Gasteiger partial charge in [-0.2, -0.15) is 0 Å². The summed E-state index contributed by atoms with van der Waals surface area (Å²) in [6.07, 6.45) is 2.82. The molecule has 1 unspecified atom stereocenters. The Labute approximate surface area is 127 Å². The maximum absolute atomic E-state index is 5.61. The molecular formula is C18H24N2O. The van der Waals surface area contributed by atoms with E-state index in [0.717, 1.165) is 12.1 Å². The molecule has 0 saturated carbocycles. The summed E-state index contributed by atoms with van der Waals surface area (Å²) >= 11 is 0. The molecule has 0 bridgehead atoms. The number of hydrogen-bond acceptors (Lipinski definition) is 3. The zero-order chi connectivity index (χ0) is 15.1. The molecule has 1 atom stereocenters. The molecule has 3 heteroatoms. The summed E-state index contributed by atoms with van der Waals surface area (Å²) in [5, 5.41) is 3.59. The van der Waals surface area contributed by atoms with E-state index in [1.165, 1.54) is 5.56 Å². The van der Waals surface area contributed by atoms with Gasteiger partial charge in [0.25, 0.3) is 0 Å². The summed E-state index contributed by atoms with van der Waals surface area (Å²) < 4.78 is 5.61. The van der Waals surface area contributed by atoms with Crippen molar-refractivity contribution >= 4 is 5.69 Å². The first-order valence-corrected chi connectivity index (χ1v) is 7.60. The van der Waals surface area contributed by atoms with E-state index in [9.17, 15) is 0 Å². The van der Waals surface area contributed by atoms with Gasteiger partial charge in [0.05, 0.1) is 18.3 Å². The summed E-state index contributed by atoms with van der Waals surface area (Å²) in [7, 11) is 0. The molecule has 112 valence electrons. The summed E-state index contributed by atoms with van der Waals surface area (Å²) in [5.74, 6) is 1.28. The molecule has 0 aliphatic rings. The van der Waals surface area contributed by atoms with Crippen LogP contribution in [0.1, 0.15) is 38.8 Å². The smallest absolute Gasteiger partial charge is 0.237 e. The van der Waals surface area contributed by atoms with Crippen LogP contribution < -0.4 is 10.1 Å². The molecule has 0 saturated heterocycles. The first-order chi connectivity index (χ1) is 10.2. The van der Waals surface area contributed by atoms with Crippen LogP contribution in [0.4, 0.5) is 5.69 Å². The van der Waals surface area contributed by atoms with Crippen molar-refractivity contribution < 1.29 is 4.74 Å². The minimum Gasteiger partial charge on any atom is -0.476 e. The van der Waals surface area contributed by atoms with Crippen LogP contribution in [0.25, 0.3) is 0 Å². The molecule has 21 heavy (non-hydrogen) atoms. The maximum Gasteiger partial charge on any atom is 0.237 e. The lowest BCUT2D eigenvalue weighted by molar-refractivity contribution is 0.328. The van der Waals surface area contributed by atoms with Gasteiger partial charge in [0.15, 0.2) is 0 Å². The van der Waals surface area contributed by atoms with Crippen molar-refractivity contribution in [2.24, 2.45) is 5.92 Å². The van der Waals surface area contributed by atoms with E-state index >= 15 is 0 Å². The van der Waals surface area contributed by atoms with E-state index in [1.807, 2.05) is 25.1 Å². The fraction of sp³-hybridized carbons (Fsp3) is 0.389. The van der Waals surface area contributed by atoms with Crippen molar-refractivity contribution in [1.82, 2.24) is 4.98 Å². The van der Waals surface area contributed by atoms with Crippen molar-refractivity contribution in [1.29, 1.82) is 0 Å². The highest BCUT2D eigenvalue weighted by Crippen LogP contribution is 2.29. The highest BCUT2D eigenvalue weighted by Gasteiger charge is 2.15. The molecule has 0 spiro atoms. The van der Waals surface area contributed by atoms with Crippen LogP contribution in [-0.2, 0) is 0 Å². The molecule has 2 rings (SSSR count). The molecule has 2 aromatic rings. The quantitative estimate of drug-likeness (QED) is 0.801. The molecule has 1 aromatic heterocycles. The molecule has 0 amide bonds. The summed E-state index contributed by atoms with van der Waals surface area (Å²) in [6.45, 7) is 7.07. The fourth-order valence-electron chi connectivity index (χ4n) is 2.38. The zero-order valence-electron chi connectivity index (χ0n) is 13.0. The minimum atomic E-state index is 0.259. The third kappa shape index (κ3) is 4.48. The van der Waals surface area contributed by atoms with Crippen molar-refractivity contribution in [3.05, 3.63) is 54.2 Å². The van der Waals surface area contributed by atoms with E-state index in [0.29, 0.717) is 18.4 Å². The van der Waals surface area contributed by atoms with E-state index in [4.69, 9.17) is 4.74 Å². The van der Waals surface area contributed by atoms with Gasteiger partial charge in [-0.05, 0) is 37.0 Å². The molecule has 0 fully saturated rings. The third-order valence-corrected chi connectivity index (χ3v) is 3.29. The predicted molar refractivity (Wildman–Crippen MR) is 87.7 cm³/mol. The Morgan fingerprint density at radius 2 is 1.86 bits per heavy atom. The standard InChI is InChI=1S/C18H24N2O/c1-4-21-18-16(11-8-12-19-18)20-17(13-14(2)3)15-9-6-5-7-10-15/h5-12,14,17,20H,4,13H2,1-3H3. The SMILES string of the molecule is CCOc1ncccc1NC(CC(C)C)c1ccccc1. The highest BCUT2D eigenvalue weighted by atomic mass is 16.5. The van der Waals surface area contributed by atoms with Crippen molar-refractivity contribution in [3.8, 4) is 5.88 Å². The van der Waals surface area contributed by atoms with E-state index < -0.39 is 0 Å². The molecule has 0 radical (unpaired) electrons. The third-order valence-electron chi connectivity index (χ3n) is 3.29. The Balaban J connectivity index is 2.23. The number of anilines is 1. The Hall–Kier alpha value is -2.03. The number of aromatic nitrogens is 1. The zero-order valence-corrected chi connectivity index (χ0v) is 13.0. The van der Waals surface area contributed by atoms with Gasteiger partial charge in [-0.25, -0.2) is 4.98 Å². The molecule has 3 nitrogen and oxygen atoms in total. The van der Waals surface area contributed by atoms with Crippen LogP contribution in [0.5, 0.6) is 5.88 Å². The lowest BCUT2D eigenvalue weighted by Crippen LogP contribution is -2.14. The van der Waals surface area contributed by atoms with Gasteiger partial charge in [0.1, 0.15) is 0 Å². The fourth-order valence-corrected chi connectivity index (χ4v) is 2.38. The molecule has 1 heterocycles. The average Bonchev–Trinajstić information content (AvgIpc) is 2.49. The Morgan fingerprint density at radius 1 is 1.10 bits per heavy atom. The number of ether oxygens (including phenoxy) is 1. The lowest BCUT2D eigenvalue weighted by atomic mass is 9.97. The number of nitrogens with zero attached hydrogens (tertiary/aromatic N) is 1. The van der Waals surface area contributed by atoms with Crippen LogP contribution >= 0.6 is 0 Å². The van der Waals surface area contributed by atoms with Crippen LogP contribution in [0.15, 0.2) is 48.7 Å². The highest BCUT2D eigenvalue weighted by molar-refractivity contribution is 5.53. The van der Waals surface area contributed by atoms with Crippen molar-refractivity contribution in [2.75, 3.05) is 11.9 Å². The molecule has 0 aliphatic carbocycles. The minimum absolute atomic E-state index is 0.259. The number of hydrogen-bond donors (Lipinski definition) is 1. The molecule has 1 N–H and O–H groups in total. The van der Waals surface area contributed by atoms with Crippen molar-refractivity contribution in [2.45, 2.75) is 33.2 Å². The second-order valence-corrected chi connectivity index (χ2v) is 5.53. The number of pyridine rings is 1. The van der Waals surface area contributed by atoms with Crippen molar-refractivity contribution in [3.63, 3.8) is 0 Å². The van der Waals surface area contributed by atoms with Gasteiger partial charge >= 0.3 is 0 Å². The Bertz CT molecular complexity index is 540. The average molecular weight is 284 g/mol. The van der Waals surface area contributed by atoms with Crippen LogP contribution in [0.2, 0.25) is 0 Å². The van der Waals surface area contributed by atoms with E-state index in [-0.39, 0.29) is 6.04 Å². The van der Waals surface area contributed by atoms with Crippen LogP contribution in [0.3, 0.4) is 0 Å². The summed E-state index contributed by atoms with van der Waals surface area (Å²) in [6, 6.07) is 14.7. The molecule has 0 aliphatic heterocycles. The number of rotatable bonds is 7. The predicted octanol–water partition coefficient (Wildman–Crippen LogP) is 4.68. The lowest BCUT2D eigenvalue weighted by Gasteiger charge is -2.23. The second kappa shape index (κ2) is 7.67. The van der Waals surface area contributed by atoms with Crippen LogP contribution in [-0.4, -0.2) is 11.6 Å². The van der Waals surface area contributed by atoms with Gasteiger partial charge in [0, 0.05) is 6.20 Å². The first kappa shape index (κ1) is 15.4. The number of nitrogens with one attached hydrogen (secondary N) is 1. The number of benzene rings is 1. The van der Waals surface area contributed by atoms with Gasteiger partial charge in [-0.3, -0.25) is 0 Å². The maximum atomic E-state index is 5.61. The van der Waals surface area contributed by atoms with Crippen LogP contribution in [0, 0.1) is 5.92 Å². The van der Waals surface area contributed by atoms with Gasteiger partial charge in [-0.1, -0.05) is 44.2 Å². The second-order valence-electron chi connectivity index (χ2n) is 5.53. The van der Waals surface area contributed by atoms with Gasteiger partial charge < -0.3 is 10.1 Å². The summed E-state index contributed by atoms with van der Waals surface area (Å²) in [4.78, 5) is 4.31. The summed E-state index contributed by atoms with van der Waals surface area (Å²) in [5.41, 5.74) is 2.24. The van der Waals surface area contributed by atoms with E-state index in [2.05, 4.69) is 48.4 Å². The molecule has 1 aromatic carbocycles.